The summed E-state index contributed by atoms with van der Waals surface area (Å²) in [5.74, 6) is 0. The molecule has 0 aromatic heterocycles. The summed E-state index contributed by atoms with van der Waals surface area (Å²) in [7, 11) is 0. The Morgan fingerprint density at radius 2 is 2.13 bits per heavy atom. The topological polar surface area (TPSA) is 26.0 Å². The standard InChI is InChI=1S/C14H19N/c1-10-4-2-5-11-6-7-12(15)14(13(10)11)8-3-9-14/h2,4-5,12H,3,6-9,15H2,1H3. The Kier molecular flexibility index (Phi) is 1.93. The van der Waals surface area contributed by atoms with E-state index in [9.17, 15) is 0 Å². The predicted molar refractivity (Wildman–Crippen MR) is 63.0 cm³/mol. The van der Waals surface area contributed by atoms with Gasteiger partial charge in [-0.1, -0.05) is 24.6 Å². The molecule has 0 radical (unpaired) electrons. The van der Waals surface area contributed by atoms with Gasteiger partial charge in [-0.05, 0) is 49.3 Å². The highest BCUT2D eigenvalue weighted by Gasteiger charge is 2.47. The van der Waals surface area contributed by atoms with Gasteiger partial charge in [0.05, 0.1) is 0 Å². The Labute approximate surface area is 91.7 Å². The zero-order chi connectivity index (χ0) is 10.5. The Morgan fingerprint density at radius 1 is 1.33 bits per heavy atom. The van der Waals surface area contributed by atoms with E-state index >= 15 is 0 Å². The first kappa shape index (κ1) is 9.41. The van der Waals surface area contributed by atoms with Gasteiger partial charge in [0.25, 0.3) is 0 Å². The number of benzene rings is 1. The molecule has 1 unspecified atom stereocenters. The first-order chi connectivity index (χ1) is 7.24. The molecule has 1 heteroatoms. The number of rotatable bonds is 0. The van der Waals surface area contributed by atoms with E-state index in [0.717, 1.165) is 0 Å². The lowest BCUT2D eigenvalue weighted by Gasteiger charge is -2.51. The zero-order valence-electron chi connectivity index (χ0n) is 9.42. The van der Waals surface area contributed by atoms with Crippen molar-refractivity contribution in [2.75, 3.05) is 0 Å². The van der Waals surface area contributed by atoms with E-state index in [2.05, 4.69) is 25.1 Å². The highest BCUT2D eigenvalue weighted by molar-refractivity contribution is 5.45. The van der Waals surface area contributed by atoms with Gasteiger partial charge in [0.15, 0.2) is 0 Å². The van der Waals surface area contributed by atoms with Crippen LogP contribution in [0.25, 0.3) is 0 Å². The van der Waals surface area contributed by atoms with Gasteiger partial charge in [-0.25, -0.2) is 0 Å². The van der Waals surface area contributed by atoms with E-state index < -0.39 is 0 Å². The van der Waals surface area contributed by atoms with Crippen LogP contribution in [0.2, 0.25) is 0 Å². The first-order valence-corrected chi connectivity index (χ1v) is 6.08. The van der Waals surface area contributed by atoms with Crippen molar-refractivity contribution in [2.45, 2.75) is 50.5 Å². The summed E-state index contributed by atoms with van der Waals surface area (Å²) < 4.78 is 0. The summed E-state index contributed by atoms with van der Waals surface area (Å²) in [4.78, 5) is 0. The molecule has 1 fully saturated rings. The maximum Gasteiger partial charge on any atom is 0.0140 e. The minimum Gasteiger partial charge on any atom is -0.327 e. The molecule has 0 amide bonds. The van der Waals surface area contributed by atoms with E-state index in [0.29, 0.717) is 11.5 Å². The fourth-order valence-electron chi connectivity index (χ4n) is 3.60. The third kappa shape index (κ3) is 1.13. The largest absolute Gasteiger partial charge is 0.327 e. The predicted octanol–water partition coefficient (Wildman–Crippen LogP) is 2.69. The average Bonchev–Trinajstić information content (AvgIpc) is 2.16. The lowest BCUT2D eigenvalue weighted by Crippen LogP contribution is -2.53. The van der Waals surface area contributed by atoms with Crippen LogP contribution in [0.5, 0.6) is 0 Å². The Hall–Kier alpha value is -0.820. The third-order valence-electron chi connectivity index (χ3n) is 4.54. The highest BCUT2D eigenvalue weighted by Crippen LogP contribution is 2.51. The molecule has 1 aromatic carbocycles. The molecule has 2 N–H and O–H groups in total. The van der Waals surface area contributed by atoms with Crippen molar-refractivity contribution in [1.82, 2.24) is 0 Å². The van der Waals surface area contributed by atoms with Crippen molar-refractivity contribution in [3.63, 3.8) is 0 Å². The zero-order valence-corrected chi connectivity index (χ0v) is 9.42. The van der Waals surface area contributed by atoms with E-state index in [1.54, 1.807) is 11.1 Å². The van der Waals surface area contributed by atoms with Crippen LogP contribution in [0.15, 0.2) is 18.2 Å². The molecule has 3 rings (SSSR count). The number of fused-ring (bicyclic) bond motifs is 2. The van der Waals surface area contributed by atoms with Crippen LogP contribution in [0.4, 0.5) is 0 Å². The van der Waals surface area contributed by atoms with Crippen LogP contribution in [0.1, 0.15) is 42.4 Å². The van der Waals surface area contributed by atoms with Crippen LogP contribution in [0, 0.1) is 6.92 Å². The molecule has 1 saturated carbocycles. The van der Waals surface area contributed by atoms with Crippen LogP contribution in [-0.4, -0.2) is 6.04 Å². The lowest BCUT2D eigenvalue weighted by atomic mass is 9.55. The maximum atomic E-state index is 6.36. The number of hydrogen-bond acceptors (Lipinski definition) is 1. The SMILES string of the molecule is Cc1cccc2c1C1(CCC1)C(N)CC2. The van der Waals surface area contributed by atoms with Crippen LogP contribution >= 0.6 is 0 Å². The fraction of sp³-hybridized carbons (Fsp3) is 0.571. The maximum absolute atomic E-state index is 6.36. The second-order valence-corrected chi connectivity index (χ2v) is 5.26. The van der Waals surface area contributed by atoms with Crippen molar-refractivity contribution >= 4 is 0 Å². The van der Waals surface area contributed by atoms with Crippen LogP contribution < -0.4 is 5.73 Å². The fourth-order valence-corrected chi connectivity index (χ4v) is 3.60. The summed E-state index contributed by atoms with van der Waals surface area (Å²) in [6, 6.07) is 7.14. The van der Waals surface area contributed by atoms with E-state index in [4.69, 9.17) is 5.73 Å². The van der Waals surface area contributed by atoms with E-state index in [1.807, 2.05) is 0 Å². The van der Waals surface area contributed by atoms with Gasteiger partial charge in [-0.15, -0.1) is 0 Å². The van der Waals surface area contributed by atoms with Gasteiger partial charge < -0.3 is 5.73 Å². The summed E-state index contributed by atoms with van der Waals surface area (Å²) in [6.07, 6.45) is 6.34. The van der Waals surface area contributed by atoms with Gasteiger partial charge in [0, 0.05) is 11.5 Å². The molecule has 0 aliphatic heterocycles. The van der Waals surface area contributed by atoms with Crippen molar-refractivity contribution < 1.29 is 0 Å². The number of aryl methyl sites for hydroxylation is 2. The minimum atomic E-state index is 0.360. The van der Waals surface area contributed by atoms with Gasteiger partial charge in [-0.3, -0.25) is 0 Å². The molecular weight excluding hydrogens is 182 g/mol. The van der Waals surface area contributed by atoms with E-state index in [1.165, 1.54) is 37.7 Å². The molecule has 0 bridgehead atoms. The van der Waals surface area contributed by atoms with Gasteiger partial charge in [-0.2, -0.15) is 0 Å². The third-order valence-corrected chi connectivity index (χ3v) is 4.54. The summed E-state index contributed by atoms with van der Waals surface area (Å²) >= 11 is 0. The number of hydrogen-bond donors (Lipinski definition) is 1. The van der Waals surface area contributed by atoms with Gasteiger partial charge in [0.2, 0.25) is 0 Å². The van der Waals surface area contributed by atoms with Gasteiger partial charge >= 0.3 is 0 Å². The van der Waals surface area contributed by atoms with E-state index in [-0.39, 0.29) is 0 Å². The molecule has 1 nitrogen and oxygen atoms in total. The molecule has 80 valence electrons. The monoisotopic (exact) mass is 201 g/mol. The minimum absolute atomic E-state index is 0.360. The smallest absolute Gasteiger partial charge is 0.0140 e. The summed E-state index contributed by atoms with van der Waals surface area (Å²) in [5.41, 5.74) is 11.4. The average molecular weight is 201 g/mol. The summed E-state index contributed by atoms with van der Waals surface area (Å²) in [6.45, 7) is 2.25. The molecule has 1 atom stereocenters. The van der Waals surface area contributed by atoms with Crippen LogP contribution in [-0.2, 0) is 11.8 Å². The molecule has 2 aliphatic carbocycles. The molecular formula is C14H19N. The Balaban J connectivity index is 2.18. The first-order valence-electron chi connectivity index (χ1n) is 6.08. The lowest BCUT2D eigenvalue weighted by molar-refractivity contribution is 0.175. The van der Waals surface area contributed by atoms with Crippen molar-refractivity contribution in [1.29, 1.82) is 0 Å². The molecule has 0 heterocycles. The van der Waals surface area contributed by atoms with Crippen molar-refractivity contribution in [3.05, 3.63) is 34.9 Å². The quantitative estimate of drug-likeness (QED) is 0.686. The Bertz CT molecular complexity index is 390. The molecule has 1 aromatic rings. The van der Waals surface area contributed by atoms with Crippen LogP contribution in [0.3, 0.4) is 0 Å². The second kappa shape index (κ2) is 3.08. The number of nitrogens with two attached hydrogens (primary N) is 1. The molecule has 15 heavy (non-hydrogen) atoms. The normalized spacial score (nSPS) is 27.2. The highest BCUT2D eigenvalue weighted by atomic mass is 14.7. The molecule has 2 aliphatic rings. The summed E-state index contributed by atoms with van der Waals surface area (Å²) in [5, 5.41) is 0. The molecule has 0 saturated heterocycles. The van der Waals surface area contributed by atoms with Crippen molar-refractivity contribution in [3.8, 4) is 0 Å². The van der Waals surface area contributed by atoms with Gasteiger partial charge in [0.1, 0.15) is 0 Å². The molecule has 1 spiro atoms. The second-order valence-electron chi connectivity index (χ2n) is 5.26. The Morgan fingerprint density at radius 3 is 2.80 bits per heavy atom. The van der Waals surface area contributed by atoms with Crippen molar-refractivity contribution in [2.24, 2.45) is 5.73 Å².